The maximum atomic E-state index is 12.5. The summed E-state index contributed by atoms with van der Waals surface area (Å²) in [6.07, 6.45) is 7.81. The molecule has 1 saturated carbocycles. The van der Waals surface area contributed by atoms with Crippen LogP contribution in [0, 0.1) is 0 Å². The zero-order valence-electron chi connectivity index (χ0n) is 15.2. The molecular formula is C20H25N5O. The first-order chi connectivity index (χ1) is 12.8. The molecule has 3 aromatic rings. The lowest BCUT2D eigenvalue weighted by Gasteiger charge is -2.15. The van der Waals surface area contributed by atoms with Gasteiger partial charge in [-0.3, -0.25) is 4.79 Å². The van der Waals surface area contributed by atoms with Crippen LogP contribution in [0.4, 0.5) is 5.82 Å². The minimum absolute atomic E-state index is 0.0181. The number of hydrogen-bond acceptors (Lipinski definition) is 3. The molecule has 0 unspecified atom stereocenters. The number of aromatic nitrogens is 4. The van der Waals surface area contributed by atoms with Crippen LogP contribution >= 0.6 is 0 Å². The van der Waals surface area contributed by atoms with Crippen LogP contribution < -0.4 is 5.32 Å². The van der Waals surface area contributed by atoms with Gasteiger partial charge < -0.3 is 9.88 Å². The van der Waals surface area contributed by atoms with Gasteiger partial charge in [-0.1, -0.05) is 31.9 Å². The summed E-state index contributed by atoms with van der Waals surface area (Å²) in [5.41, 5.74) is 2.08. The second-order valence-electron chi connectivity index (χ2n) is 6.92. The van der Waals surface area contributed by atoms with Crippen molar-refractivity contribution in [2.45, 2.75) is 58.0 Å². The number of amides is 1. The number of rotatable bonds is 6. The Hall–Kier alpha value is -2.63. The number of fused-ring (bicyclic) bond motifs is 1. The van der Waals surface area contributed by atoms with Crippen LogP contribution in [0.5, 0.6) is 0 Å². The van der Waals surface area contributed by atoms with Crippen molar-refractivity contribution in [1.29, 1.82) is 0 Å². The smallest absolute Gasteiger partial charge is 0.227 e. The van der Waals surface area contributed by atoms with Gasteiger partial charge in [0.05, 0.1) is 23.3 Å². The van der Waals surface area contributed by atoms with Crippen molar-refractivity contribution in [2.75, 3.05) is 5.32 Å². The van der Waals surface area contributed by atoms with Gasteiger partial charge >= 0.3 is 0 Å². The topological polar surface area (TPSA) is 64.7 Å². The van der Waals surface area contributed by atoms with E-state index >= 15 is 0 Å². The van der Waals surface area contributed by atoms with Crippen LogP contribution in [0.15, 0.2) is 36.5 Å². The van der Waals surface area contributed by atoms with Gasteiger partial charge in [0.25, 0.3) is 0 Å². The molecule has 26 heavy (non-hydrogen) atoms. The number of para-hydroxylation sites is 2. The molecule has 0 bridgehead atoms. The summed E-state index contributed by atoms with van der Waals surface area (Å²) in [6, 6.07) is 10.4. The number of imidazole rings is 1. The summed E-state index contributed by atoms with van der Waals surface area (Å²) < 4.78 is 4.14. The molecule has 4 rings (SSSR count). The number of nitrogens with zero attached hydrogens (tertiary/aromatic N) is 4. The van der Waals surface area contributed by atoms with Gasteiger partial charge in [-0.2, -0.15) is 5.10 Å². The first-order valence-electron chi connectivity index (χ1n) is 9.53. The first-order valence-corrected chi connectivity index (χ1v) is 9.53. The minimum Gasteiger partial charge on any atom is -0.327 e. The van der Waals surface area contributed by atoms with Crippen LogP contribution in [-0.4, -0.2) is 25.2 Å². The molecule has 6 nitrogen and oxygen atoms in total. The van der Waals surface area contributed by atoms with E-state index in [0.717, 1.165) is 41.9 Å². The molecule has 1 aliphatic rings. The SMILES string of the molecule is CCc1nc2ccccc2n1CCC(=O)Nc1ccnn1C1CCCC1. The summed E-state index contributed by atoms with van der Waals surface area (Å²) in [4.78, 5) is 17.2. The molecule has 1 N–H and O–H groups in total. The standard InChI is InChI=1S/C20H25N5O/c1-2-18-22-16-9-5-6-10-17(16)24(18)14-12-20(26)23-19-11-13-21-25(19)15-7-3-4-8-15/h5-6,9-11,13,15H,2-4,7-8,12,14H2,1H3,(H,23,26). The van der Waals surface area contributed by atoms with E-state index in [-0.39, 0.29) is 5.91 Å². The van der Waals surface area contributed by atoms with Gasteiger partial charge in [-0.15, -0.1) is 0 Å². The fourth-order valence-electron chi connectivity index (χ4n) is 3.92. The van der Waals surface area contributed by atoms with Gasteiger partial charge in [0.15, 0.2) is 0 Å². The highest BCUT2D eigenvalue weighted by molar-refractivity contribution is 5.90. The highest BCUT2D eigenvalue weighted by atomic mass is 16.1. The Morgan fingerprint density at radius 2 is 2.04 bits per heavy atom. The fourth-order valence-corrected chi connectivity index (χ4v) is 3.92. The van der Waals surface area contributed by atoms with Crippen molar-refractivity contribution in [2.24, 2.45) is 0 Å². The van der Waals surface area contributed by atoms with Crippen LogP contribution in [0.25, 0.3) is 11.0 Å². The molecule has 0 aliphatic heterocycles. The van der Waals surface area contributed by atoms with Gasteiger partial charge in [0.2, 0.25) is 5.91 Å². The number of nitrogens with one attached hydrogen (secondary N) is 1. The minimum atomic E-state index is 0.0181. The van der Waals surface area contributed by atoms with Crippen LogP contribution in [0.2, 0.25) is 0 Å². The predicted molar refractivity (Wildman–Crippen MR) is 102 cm³/mol. The lowest BCUT2D eigenvalue weighted by Crippen LogP contribution is -2.19. The highest BCUT2D eigenvalue weighted by Gasteiger charge is 2.20. The molecule has 1 aromatic carbocycles. The van der Waals surface area contributed by atoms with E-state index in [9.17, 15) is 4.79 Å². The number of carbonyl (C=O) groups excluding carboxylic acids is 1. The van der Waals surface area contributed by atoms with Gasteiger partial charge in [-0.25, -0.2) is 9.67 Å². The number of carbonyl (C=O) groups is 1. The number of anilines is 1. The zero-order valence-corrected chi connectivity index (χ0v) is 15.2. The Morgan fingerprint density at radius 1 is 1.23 bits per heavy atom. The van der Waals surface area contributed by atoms with E-state index in [4.69, 9.17) is 0 Å². The molecule has 2 aromatic heterocycles. The average Bonchev–Trinajstić information content (AvgIpc) is 3.38. The quantitative estimate of drug-likeness (QED) is 0.731. The van der Waals surface area contributed by atoms with E-state index in [2.05, 4.69) is 33.0 Å². The number of hydrogen-bond donors (Lipinski definition) is 1. The molecule has 0 radical (unpaired) electrons. The van der Waals surface area contributed by atoms with E-state index in [0.29, 0.717) is 19.0 Å². The van der Waals surface area contributed by atoms with Crippen LogP contribution in [0.3, 0.4) is 0 Å². The van der Waals surface area contributed by atoms with E-state index < -0.39 is 0 Å². The maximum absolute atomic E-state index is 12.5. The summed E-state index contributed by atoms with van der Waals surface area (Å²) in [5, 5.41) is 7.46. The van der Waals surface area contributed by atoms with Crippen LogP contribution in [0.1, 0.15) is 50.9 Å². The van der Waals surface area contributed by atoms with Gasteiger partial charge in [0.1, 0.15) is 11.6 Å². The van der Waals surface area contributed by atoms with Crippen LogP contribution in [-0.2, 0) is 17.8 Å². The Labute approximate surface area is 153 Å². The number of benzene rings is 1. The Bertz CT molecular complexity index is 904. The van der Waals surface area contributed by atoms with Crippen molar-refractivity contribution in [3.63, 3.8) is 0 Å². The Balaban J connectivity index is 1.44. The predicted octanol–water partition coefficient (Wildman–Crippen LogP) is 3.94. The van der Waals surface area contributed by atoms with Crippen molar-refractivity contribution in [3.8, 4) is 0 Å². The summed E-state index contributed by atoms with van der Waals surface area (Å²) in [5.74, 6) is 1.85. The van der Waals surface area contributed by atoms with Crippen molar-refractivity contribution >= 4 is 22.8 Å². The average molecular weight is 351 g/mol. The van der Waals surface area contributed by atoms with E-state index in [1.165, 1.54) is 12.8 Å². The lowest BCUT2D eigenvalue weighted by molar-refractivity contribution is -0.116. The van der Waals surface area contributed by atoms with E-state index in [1.54, 1.807) is 6.20 Å². The largest absolute Gasteiger partial charge is 0.327 e. The molecule has 6 heteroatoms. The Morgan fingerprint density at radius 3 is 2.85 bits per heavy atom. The van der Waals surface area contributed by atoms with Crippen molar-refractivity contribution < 1.29 is 4.79 Å². The summed E-state index contributed by atoms with van der Waals surface area (Å²) >= 11 is 0. The maximum Gasteiger partial charge on any atom is 0.227 e. The summed E-state index contributed by atoms with van der Waals surface area (Å²) in [6.45, 7) is 2.73. The first kappa shape index (κ1) is 16.8. The molecule has 1 fully saturated rings. The zero-order chi connectivity index (χ0) is 17.9. The molecular weight excluding hydrogens is 326 g/mol. The molecule has 2 heterocycles. The molecule has 0 spiro atoms. The highest BCUT2D eigenvalue weighted by Crippen LogP contribution is 2.31. The molecule has 1 aliphatic carbocycles. The second kappa shape index (κ2) is 7.32. The Kier molecular flexibility index (Phi) is 4.73. The van der Waals surface area contributed by atoms with Crippen molar-refractivity contribution in [3.05, 3.63) is 42.4 Å². The van der Waals surface area contributed by atoms with Crippen molar-refractivity contribution in [1.82, 2.24) is 19.3 Å². The number of aryl methyl sites for hydroxylation is 2. The molecule has 136 valence electrons. The summed E-state index contributed by atoms with van der Waals surface area (Å²) in [7, 11) is 0. The van der Waals surface area contributed by atoms with E-state index in [1.807, 2.05) is 28.9 Å². The monoisotopic (exact) mass is 351 g/mol. The third-order valence-corrected chi connectivity index (χ3v) is 5.22. The molecule has 0 atom stereocenters. The normalized spacial score (nSPS) is 15.0. The third kappa shape index (κ3) is 3.23. The lowest BCUT2D eigenvalue weighted by atomic mass is 10.2. The third-order valence-electron chi connectivity index (χ3n) is 5.22. The second-order valence-corrected chi connectivity index (χ2v) is 6.92. The molecule has 0 saturated heterocycles. The fraction of sp³-hybridized carbons (Fsp3) is 0.450. The van der Waals surface area contributed by atoms with Gasteiger partial charge in [-0.05, 0) is 25.0 Å². The molecule has 1 amide bonds. The van der Waals surface area contributed by atoms with Gasteiger partial charge in [0, 0.05) is 25.5 Å².